The molecule has 4 rings (SSSR count). The number of fused-ring (bicyclic) bond motifs is 1. The van der Waals surface area contributed by atoms with Gasteiger partial charge in [-0.05, 0) is 37.1 Å². The van der Waals surface area contributed by atoms with Crippen molar-refractivity contribution in [3.8, 4) is 11.3 Å². The van der Waals surface area contributed by atoms with Crippen LogP contribution >= 0.6 is 0 Å². The molecule has 1 aromatic carbocycles. The summed E-state index contributed by atoms with van der Waals surface area (Å²) >= 11 is 0. The molecular weight excluding hydrogens is 301 g/mol. The minimum atomic E-state index is -0.207. The zero-order chi connectivity index (χ0) is 16.7. The largest absolute Gasteiger partial charge is 0.296 e. The van der Waals surface area contributed by atoms with Crippen molar-refractivity contribution in [2.45, 2.75) is 58.0 Å². The third-order valence-electron chi connectivity index (χ3n) is 5.33. The van der Waals surface area contributed by atoms with E-state index in [1.54, 1.807) is 0 Å². The van der Waals surface area contributed by atoms with Crippen LogP contribution in [0.5, 0.6) is 0 Å². The van der Waals surface area contributed by atoms with Gasteiger partial charge in [-0.25, -0.2) is 14.4 Å². The van der Waals surface area contributed by atoms with E-state index in [-0.39, 0.29) is 5.82 Å². The Kier molecular flexibility index (Phi) is 4.09. The normalized spacial score (nSPS) is 18.5. The average molecular weight is 325 g/mol. The highest BCUT2D eigenvalue weighted by molar-refractivity contribution is 5.64. The van der Waals surface area contributed by atoms with Crippen LogP contribution in [0.4, 0.5) is 4.39 Å². The summed E-state index contributed by atoms with van der Waals surface area (Å²) < 4.78 is 13.3. The van der Waals surface area contributed by atoms with E-state index >= 15 is 0 Å². The molecule has 1 aromatic heterocycles. The van der Waals surface area contributed by atoms with E-state index in [4.69, 9.17) is 9.97 Å². The highest BCUT2D eigenvalue weighted by Gasteiger charge is 2.30. The van der Waals surface area contributed by atoms with E-state index in [1.165, 1.54) is 42.7 Å². The topological polar surface area (TPSA) is 29.0 Å². The lowest BCUT2D eigenvalue weighted by molar-refractivity contribution is 0.112. The van der Waals surface area contributed by atoms with Gasteiger partial charge in [0.1, 0.15) is 11.6 Å². The lowest BCUT2D eigenvalue weighted by Crippen LogP contribution is -2.43. The van der Waals surface area contributed by atoms with Gasteiger partial charge in [0.2, 0.25) is 0 Å². The zero-order valence-corrected chi connectivity index (χ0v) is 14.4. The van der Waals surface area contributed by atoms with Gasteiger partial charge < -0.3 is 0 Å². The molecule has 1 aliphatic heterocycles. The smallest absolute Gasteiger partial charge is 0.131 e. The molecule has 24 heavy (non-hydrogen) atoms. The Balaban J connectivity index is 1.78. The molecule has 2 heterocycles. The van der Waals surface area contributed by atoms with E-state index in [2.05, 4.69) is 18.7 Å². The van der Waals surface area contributed by atoms with E-state index in [1.807, 2.05) is 12.1 Å². The van der Waals surface area contributed by atoms with Crippen LogP contribution in [0, 0.1) is 5.82 Å². The van der Waals surface area contributed by atoms with Crippen molar-refractivity contribution in [3.63, 3.8) is 0 Å². The Morgan fingerprint density at radius 2 is 1.88 bits per heavy atom. The van der Waals surface area contributed by atoms with Crippen LogP contribution < -0.4 is 0 Å². The molecule has 0 bridgehead atoms. The Bertz CT molecular complexity index is 735. The third-order valence-corrected chi connectivity index (χ3v) is 5.33. The fourth-order valence-electron chi connectivity index (χ4n) is 3.62. The van der Waals surface area contributed by atoms with Gasteiger partial charge >= 0.3 is 0 Å². The Labute approximate surface area is 142 Å². The van der Waals surface area contributed by atoms with Crippen molar-refractivity contribution in [3.05, 3.63) is 47.2 Å². The fourth-order valence-corrected chi connectivity index (χ4v) is 3.62. The molecule has 0 N–H and O–H groups in total. The second-order valence-corrected chi connectivity index (χ2v) is 7.32. The quantitative estimate of drug-likeness (QED) is 0.842. The van der Waals surface area contributed by atoms with Gasteiger partial charge in [-0.1, -0.05) is 20.3 Å². The molecule has 0 unspecified atom stereocenters. The second kappa shape index (κ2) is 6.25. The maximum Gasteiger partial charge on any atom is 0.131 e. The van der Waals surface area contributed by atoms with Crippen molar-refractivity contribution in [2.24, 2.45) is 0 Å². The summed E-state index contributed by atoms with van der Waals surface area (Å²) in [6, 6.07) is 7.44. The van der Waals surface area contributed by atoms with Gasteiger partial charge in [0, 0.05) is 42.6 Å². The van der Waals surface area contributed by atoms with Crippen LogP contribution in [0.1, 0.15) is 56.1 Å². The number of nitrogens with zero attached hydrogens (tertiary/aromatic N) is 3. The van der Waals surface area contributed by atoms with Gasteiger partial charge in [-0.15, -0.1) is 0 Å². The lowest BCUT2D eigenvalue weighted by atomic mass is 9.88. The van der Waals surface area contributed by atoms with Crippen LogP contribution in [0.25, 0.3) is 11.3 Å². The average Bonchev–Trinajstić information content (AvgIpc) is 2.53. The number of hydrogen-bond acceptors (Lipinski definition) is 3. The summed E-state index contributed by atoms with van der Waals surface area (Å²) in [6.07, 6.45) is 4.96. The van der Waals surface area contributed by atoms with Crippen molar-refractivity contribution in [1.29, 1.82) is 0 Å². The van der Waals surface area contributed by atoms with Crippen molar-refractivity contribution in [1.82, 2.24) is 14.9 Å². The van der Waals surface area contributed by atoms with Gasteiger partial charge in [0.15, 0.2) is 0 Å². The third kappa shape index (κ3) is 2.84. The molecule has 0 amide bonds. The van der Waals surface area contributed by atoms with Gasteiger partial charge in [-0.2, -0.15) is 0 Å². The van der Waals surface area contributed by atoms with Crippen LogP contribution in [-0.2, 0) is 13.0 Å². The number of hydrogen-bond donors (Lipinski definition) is 0. The molecule has 0 spiro atoms. The standard InChI is InChI=1S/C20H24FN3/c1-13(2)20-22-18-10-11-24(16-4-3-5-16)12-17(18)19(23-20)14-6-8-15(21)9-7-14/h6-9,13,16H,3-5,10-12H2,1-2H3. The molecule has 1 fully saturated rings. The SMILES string of the molecule is CC(C)c1nc2c(c(-c3ccc(F)cc3)n1)CN(C1CCC1)CC2. The van der Waals surface area contributed by atoms with Crippen molar-refractivity contribution >= 4 is 0 Å². The predicted molar refractivity (Wildman–Crippen MR) is 93.3 cm³/mol. The Hall–Kier alpha value is -1.81. The van der Waals surface area contributed by atoms with E-state index < -0.39 is 0 Å². The molecule has 0 saturated heterocycles. The summed E-state index contributed by atoms with van der Waals surface area (Å²) in [4.78, 5) is 12.3. The minimum Gasteiger partial charge on any atom is -0.296 e. The van der Waals surface area contributed by atoms with E-state index in [0.29, 0.717) is 5.92 Å². The molecule has 1 aliphatic carbocycles. The van der Waals surface area contributed by atoms with Crippen LogP contribution in [-0.4, -0.2) is 27.5 Å². The molecule has 2 aliphatic rings. The molecule has 0 radical (unpaired) electrons. The Morgan fingerprint density at radius 3 is 2.50 bits per heavy atom. The number of halogens is 1. The van der Waals surface area contributed by atoms with E-state index in [9.17, 15) is 4.39 Å². The molecule has 2 aromatic rings. The molecule has 1 saturated carbocycles. The number of benzene rings is 1. The van der Waals surface area contributed by atoms with Gasteiger partial charge in [0.05, 0.1) is 11.4 Å². The first-order valence-corrected chi connectivity index (χ1v) is 9.01. The maximum absolute atomic E-state index is 13.3. The predicted octanol–water partition coefficient (Wildman–Crippen LogP) is 4.32. The van der Waals surface area contributed by atoms with Crippen LogP contribution in [0.2, 0.25) is 0 Å². The number of aromatic nitrogens is 2. The lowest BCUT2D eigenvalue weighted by Gasteiger charge is -2.40. The molecule has 3 nitrogen and oxygen atoms in total. The molecule has 0 atom stereocenters. The second-order valence-electron chi connectivity index (χ2n) is 7.32. The zero-order valence-electron chi connectivity index (χ0n) is 14.4. The van der Waals surface area contributed by atoms with Crippen molar-refractivity contribution in [2.75, 3.05) is 6.54 Å². The van der Waals surface area contributed by atoms with E-state index in [0.717, 1.165) is 42.6 Å². The highest BCUT2D eigenvalue weighted by Crippen LogP contribution is 2.34. The minimum absolute atomic E-state index is 0.207. The summed E-state index contributed by atoms with van der Waals surface area (Å²) in [6.45, 7) is 6.26. The van der Waals surface area contributed by atoms with Gasteiger partial charge in [-0.3, -0.25) is 4.90 Å². The molecule has 4 heteroatoms. The fraction of sp³-hybridized carbons (Fsp3) is 0.500. The molecule has 126 valence electrons. The summed E-state index contributed by atoms with van der Waals surface area (Å²) in [7, 11) is 0. The summed E-state index contributed by atoms with van der Waals surface area (Å²) in [5.74, 6) is 0.978. The highest BCUT2D eigenvalue weighted by atomic mass is 19.1. The van der Waals surface area contributed by atoms with Crippen molar-refractivity contribution < 1.29 is 4.39 Å². The summed E-state index contributed by atoms with van der Waals surface area (Å²) in [5.41, 5.74) is 4.41. The van der Waals surface area contributed by atoms with Crippen LogP contribution in [0.15, 0.2) is 24.3 Å². The first-order valence-electron chi connectivity index (χ1n) is 9.01. The first-order chi connectivity index (χ1) is 11.6. The molecular formula is C20H24FN3. The van der Waals surface area contributed by atoms with Crippen LogP contribution in [0.3, 0.4) is 0 Å². The first kappa shape index (κ1) is 15.7. The van der Waals surface area contributed by atoms with Gasteiger partial charge in [0.25, 0.3) is 0 Å². The monoisotopic (exact) mass is 325 g/mol. The Morgan fingerprint density at radius 1 is 1.12 bits per heavy atom. The maximum atomic E-state index is 13.3. The number of rotatable bonds is 3. The summed E-state index contributed by atoms with van der Waals surface area (Å²) in [5, 5.41) is 0.